The van der Waals surface area contributed by atoms with Crippen molar-refractivity contribution in [3.05, 3.63) is 0 Å². The normalized spacial score (nSPS) is 23.8. The van der Waals surface area contributed by atoms with Crippen molar-refractivity contribution in [2.75, 3.05) is 19.7 Å². The van der Waals surface area contributed by atoms with E-state index in [0.717, 1.165) is 25.5 Å². The summed E-state index contributed by atoms with van der Waals surface area (Å²) in [5.41, 5.74) is 0. The van der Waals surface area contributed by atoms with Crippen LogP contribution in [-0.2, 0) is 9.53 Å². The lowest BCUT2D eigenvalue weighted by atomic mass is 9.88. The standard InChI is InChI=1S/C17H34N2O2/c1-13(2)18-17(20)12-19-9-8-16(11-15(19)5)7-6-10-21-14(3)4/h13-16H,6-12H2,1-5H3,(H,18,20)/t15-,16?/m0/s1. The van der Waals surface area contributed by atoms with Gasteiger partial charge in [0.25, 0.3) is 0 Å². The molecule has 0 spiro atoms. The lowest BCUT2D eigenvalue weighted by Crippen LogP contribution is -2.47. The van der Waals surface area contributed by atoms with Crippen molar-refractivity contribution in [3.8, 4) is 0 Å². The van der Waals surface area contributed by atoms with E-state index in [4.69, 9.17) is 4.74 Å². The predicted molar refractivity (Wildman–Crippen MR) is 87.4 cm³/mol. The van der Waals surface area contributed by atoms with Gasteiger partial charge in [-0.25, -0.2) is 0 Å². The summed E-state index contributed by atoms with van der Waals surface area (Å²) in [7, 11) is 0. The highest BCUT2D eigenvalue weighted by atomic mass is 16.5. The molecule has 1 fully saturated rings. The maximum atomic E-state index is 11.9. The summed E-state index contributed by atoms with van der Waals surface area (Å²) in [6.45, 7) is 12.9. The molecule has 0 aromatic carbocycles. The third kappa shape index (κ3) is 7.82. The van der Waals surface area contributed by atoms with Crippen LogP contribution in [0.2, 0.25) is 0 Å². The fourth-order valence-electron chi connectivity index (χ4n) is 3.06. The van der Waals surface area contributed by atoms with E-state index in [-0.39, 0.29) is 11.9 Å². The molecule has 0 radical (unpaired) electrons. The Morgan fingerprint density at radius 3 is 2.62 bits per heavy atom. The molecule has 1 N–H and O–H groups in total. The van der Waals surface area contributed by atoms with Crippen molar-refractivity contribution in [2.24, 2.45) is 5.92 Å². The Labute approximate surface area is 130 Å². The fraction of sp³-hybridized carbons (Fsp3) is 0.941. The highest BCUT2D eigenvalue weighted by molar-refractivity contribution is 5.78. The third-order valence-corrected chi connectivity index (χ3v) is 4.13. The Bertz CT molecular complexity index is 305. The van der Waals surface area contributed by atoms with Crippen LogP contribution < -0.4 is 5.32 Å². The molecule has 4 nitrogen and oxygen atoms in total. The van der Waals surface area contributed by atoms with E-state index in [0.29, 0.717) is 18.7 Å². The van der Waals surface area contributed by atoms with Crippen molar-refractivity contribution >= 4 is 5.91 Å². The molecule has 0 bridgehead atoms. The molecule has 0 aromatic rings. The van der Waals surface area contributed by atoms with E-state index in [1.807, 2.05) is 13.8 Å². The highest BCUT2D eigenvalue weighted by Gasteiger charge is 2.26. The summed E-state index contributed by atoms with van der Waals surface area (Å²) in [6.07, 6.45) is 5.16. The van der Waals surface area contributed by atoms with Crippen LogP contribution in [0.1, 0.15) is 60.3 Å². The number of piperidine rings is 1. The smallest absolute Gasteiger partial charge is 0.234 e. The number of carbonyl (C=O) groups is 1. The van der Waals surface area contributed by atoms with Gasteiger partial charge in [-0.3, -0.25) is 9.69 Å². The number of likely N-dealkylation sites (tertiary alicyclic amines) is 1. The van der Waals surface area contributed by atoms with Crippen molar-refractivity contribution < 1.29 is 9.53 Å². The summed E-state index contributed by atoms with van der Waals surface area (Å²) in [5, 5.41) is 2.98. The second-order valence-electron chi connectivity index (χ2n) is 6.99. The van der Waals surface area contributed by atoms with E-state index >= 15 is 0 Å². The monoisotopic (exact) mass is 298 g/mol. The Balaban J connectivity index is 2.22. The summed E-state index contributed by atoms with van der Waals surface area (Å²) in [6, 6.07) is 0.735. The zero-order valence-electron chi connectivity index (χ0n) is 14.5. The second kappa shape index (κ2) is 9.42. The van der Waals surface area contributed by atoms with Gasteiger partial charge in [0.15, 0.2) is 0 Å². The van der Waals surface area contributed by atoms with Crippen LogP contribution in [0.3, 0.4) is 0 Å². The zero-order chi connectivity index (χ0) is 15.8. The van der Waals surface area contributed by atoms with Crippen LogP contribution in [0, 0.1) is 5.92 Å². The van der Waals surface area contributed by atoms with E-state index in [2.05, 4.69) is 31.0 Å². The molecule has 2 atom stereocenters. The van der Waals surface area contributed by atoms with Crippen molar-refractivity contribution in [2.45, 2.75) is 78.5 Å². The Morgan fingerprint density at radius 2 is 2.05 bits per heavy atom. The minimum absolute atomic E-state index is 0.153. The molecular formula is C17H34N2O2. The highest BCUT2D eigenvalue weighted by Crippen LogP contribution is 2.26. The Hall–Kier alpha value is -0.610. The molecule has 0 aliphatic carbocycles. The summed E-state index contributed by atoms with van der Waals surface area (Å²) < 4.78 is 5.61. The van der Waals surface area contributed by atoms with Crippen LogP contribution in [0.25, 0.3) is 0 Å². The lowest BCUT2D eigenvalue weighted by molar-refractivity contribution is -0.123. The molecule has 1 amide bonds. The quantitative estimate of drug-likeness (QED) is 0.701. The van der Waals surface area contributed by atoms with E-state index in [1.165, 1.54) is 19.3 Å². The molecule has 4 heteroatoms. The number of carbonyl (C=O) groups excluding carboxylic acids is 1. The number of hydrogen-bond acceptors (Lipinski definition) is 3. The van der Waals surface area contributed by atoms with Gasteiger partial charge >= 0.3 is 0 Å². The van der Waals surface area contributed by atoms with Gasteiger partial charge < -0.3 is 10.1 Å². The molecule has 1 aliphatic heterocycles. The molecule has 0 saturated carbocycles. The molecule has 1 aliphatic rings. The van der Waals surface area contributed by atoms with Gasteiger partial charge in [0.2, 0.25) is 5.91 Å². The van der Waals surface area contributed by atoms with Crippen molar-refractivity contribution in [1.29, 1.82) is 0 Å². The van der Waals surface area contributed by atoms with Gasteiger partial charge in [-0.2, -0.15) is 0 Å². The molecule has 1 heterocycles. The molecular weight excluding hydrogens is 264 g/mol. The summed E-state index contributed by atoms with van der Waals surface area (Å²) in [4.78, 5) is 14.2. The topological polar surface area (TPSA) is 41.6 Å². The maximum absolute atomic E-state index is 11.9. The van der Waals surface area contributed by atoms with Crippen molar-refractivity contribution in [1.82, 2.24) is 10.2 Å². The first-order valence-corrected chi connectivity index (χ1v) is 8.53. The molecule has 1 saturated heterocycles. The van der Waals surface area contributed by atoms with Crippen LogP contribution in [0.4, 0.5) is 0 Å². The second-order valence-corrected chi connectivity index (χ2v) is 6.99. The SMILES string of the molecule is CC(C)NC(=O)CN1CCC(CCCOC(C)C)C[C@@H]1C. The van der Waals surface area contributed by atoms with Gasteiger partial charge in [-0.1, -0.05) is 0 Å². The van der Waals surface area contributed by atoms with Crippen LogP contribution in [0.5, 0.6) is 0 Å². The number of nitrogens with one attached hydrogen (secondary N) is 1. The third-order valence-electron chi connectivity index (χ3n) is 4.13. The van der Waals surface area contributed by atoms with Crippen LogP contribution in [-0.4, -0.2) is 48.7 Å². The van der Waals surface area contributed by atoms with Gasteiger partial charge in [-0.05, 0) is 72.8 Å². The number of amides is 1. The number of nitrogens with zero attached hydrogens (tertiary/aromatic N) is 1. The number of hydrogen-bond donors (Lipinski definition) is 1. The summed E-state index contributed by atoms with van der Waals surface area (Å²) in [5.74, 6) is 0.945. The fourth-order valence-corrected chi connectivity index (χ4v) is 3.06. The molecule has 21 heavy (non-hydrogen) atoms. The average Bonchev–Trinajstić information content (AvgIpc) is 2.36. The first kappa shape index (κ1) is 18.4. The zero-order valence-corrected chi connectivity index (χ0v) is 14.5. The lowest BCUT2D eigenvalue weighted by Gasteiger charge is -2.37. The maximum Gasteiger partial charge on any atom is 0.234 e. The predicted octanol–water partition coefficient (Wildman–Crippen LogP) is 2.82. The number of rotatable bonds is 8. The largest absolute Gasteiger partial charge is 0.379 e. The van der Waals surface area contributed by atoms with E-state index in [1.54, 1.807) is 0 Å². The van der Waals surface area contributed by atoms with Gasteiger partial charge in [0.05, 0.1) is 12.6 Å². The first-order chi connectivity index (χ1) is 9.88. The molecule has 124 valence electrons. The Kier molecular flexibility index (Phi) is 8.27. The Morgan fingerprint density at radius 1 is 1.33 bits per heavy atom. The van der Waals surface area contributed by atoms with Crippen LogP contribution >= 0.6 is 0 Å². The van der Waals surface area contributed by atoms with E-state index < -0.39 is 0 Å². The van der Waals surface area contributed by atoms with Gasteiger partial charge in [-0.15, -0.1) is 0 Å². The minimum atomic E-state index is 0.153. The first-order valence-electron chi connectivity index (χ1n) is 8.53. The molecule has 1 unspecified atom stereocenters. The minimum Gasteiger partial charge on any atom is -0.379 e. The average molecular weight is 298 g/mol. The van der Waals surface area contributed by atoms with E-state index in [9.17, 15) is 4.79 Å². The molecule has 0 aromatic heterocycles. The molecule has 1 rings (SSSR count). The number of ether oxygens (including phenoxy) is 1. The van der Waals surface area contributed by atoms with Gasteiger partial charge in [0, 0.05) is 18.7 Å². The van der Waals surface area contributed by atoms with Crippen molar-refractivity contribution in [3.63, 3.8) is 0 Å². The van der Waals surface area contributed by atoms with Crippen LogP contribution in [0.15, 0.2) is 0 Å². The van der Waals surface area contributed by atoms with Gasteiger partial charge in [0.1, 0.15) is 0 Å². The summed E-state index contributed by atoms with van der Waals surface area (Å²) >= 11 is 0.